The van der Waals surface area contributed by atoms with Gasteiger partial charge in [0.1, 0.15) is 4.99 Å². The van der Waals surface area contributed by atoms with E-state index in [1.807, 2.05) is 0 Å². The van der Waals surface area contributed by atoms with Gasteiger partial charge in [0.2, 0.25) is 10.0 Å². The number of benzene rings is 1. The predicted molar refractivity (Wildman–Crippen MR) is 84.1 cm³/mol. The summed E-state index contributed by atoms with van der Waals surface area (Å²) in [6.45, 7) is 3.31. The summed E-state index contributed by atoms with van der Waals surface area (Å²) in [6, 6.07) is 6.69. The van der Waals surface area contributed by atoms with E-state index >= 15 is 0 Å². The molecule has 1 unspecified atom stereocenters. The van der Waals surface area contributed by atoms with Crippen LogP contribution in [0.3, 0.4) is 0 Å². The molecule has 0 radical (unpaired) electrons. The van der Waals surface area contributed by atoms with Gasteiger partial charge in [0.15, 0.2) is 0 Å². The average Bonchev–Trinajstić information content (AvgIpc) is 2.88. The Labute approximate surface area is 126 Å². The van der Waals surface area contributed by atoms with Crippen LogP contribution in [0.1, 0.15) is 31.7 Å². The third-order valence-electron chi connectivity index (χ3n) is 3.72. The highest BCUT2D eigenvalue weighted by atomic mass is 32.2. The number of sulfonamides is 1. The van der Waals surface area contributed by atoms with E-state index in [0.29, 0.717) is 24.6 Å². The van der Waals surface area contributed by atoms with Crippen molar-refractivity contribution in [2.24, 2.45) is 11.7 Å². The molecule has 0 spiro atoms. The van der Waals surface area contributed by atoms with Crippen LogP contribution in [0.4, 0.5) is 0 Å². The van der Waals surface area contributed by atoms with Crippen LogP contribution in [-0.2, 0) is 10.0 Å². The average molecular weight is 312 g/mol. The lowest BCUT2D eigenvalue weighted by Gasteiger charge is -2.18. The Balaban J connectivity index is 2.30. The van der Waals surface area contributed by atoms with E-state index in [-0.39, 0.29) is 9.88 Å². The predicted octanol–water partition coefficient (Wildman–Crippen LogP) is 2.13. The van der Waals surface area contributed by atoms with E-state index in [9.17, 15) is 8.42 Å². The first-order valence-electron chi connectivity index (χ1n) is 6.85. The Bertz CT molecular complexity index is 599. The number of hydrogen-bond donors (Lipinski definition) is 1. The monoisotopic (exact) mass is 312 g/mol. The quantitative estimate of drug-likeness (QED) is 0.846. The van der Waals surface area contributed by atoms with Crippen molar-refractivity contribution in [2.75, 3.05) is 13.1 Å². The van der Waals surface area contributed by atoms with Crippen molar-refractivity contribution in [2.45, 2.75) is 31.1 Å². The number of hydrogen-bond acceptors (Lipinski definition) is 3. The van der Waals surface area contributed by atoms with E-state index < -0.39 is 10.0 Å². The summed E-state index contributed by atoms with van der Waals surface area (Å²) in [4.78, 5) is 0.345. The Hall–Kier alpha value is -0.980. The number of thiocarbonyl (C=S) groups is 1. The van der Waals surface area contributed by atoms with Crippen LogP contribution in [0.2, 0.25) is 0 Å². The molecular weight excluding hydrogens is 292 g/mol. The fourth-order valence-electron chi connectivity index (χ4n) is 2.69. The maximum Gasteiger partial charge on any atom is 0.243 e. The second-order valence-corrected chi connectivity index (χ2v) is 7.51. The summed E-state index contributed by atoms with van der Waals surface area (Å²) in [5.74, 6) is 0.465. The fourth-order valence-corrected chi connectivity index (χ4v) is 4.67. The first kappa shape index (κ1) is 15.4. The Morgan fingerprint density at radius 3 is 2.80 bits per heavy atom. The molecule has 20 heavy (non-hydrogen) atoms. The molecule has 1 heterocycles. The molecule has 1 aromatic carbocycles. The van der Waals surface area contributed by atoms with E-state index in [0.717, 1.165) is 19.3 Å². The van der Waals surface area contributed by atoms with Gasteiger partial charge in [-0.15, -0.1) is 0 Å². The van der Waals surface area contributed by atoms with Gasteiger partial charge < -0.3 is 5.73 Å². The van der Waals surface area contributed by atoms with Crippen molar-refractivity contribution >= 4 is 27.2 Å². The third-order valence-corrected chi connectivity index (χ3v) is 5.86. The van der Waals surface area contributed by atoms with Gasteiger partial charge in [-0.05, 0) is 24.8 Å². The van der Waals surface area contributed by atoms with Crippen LogP contribution >= 0.6 is 12.2 Å². The van der Waals surface area contributed by atoms with Crippen LogP contribution in [0, 0.1) is 5.92 Å². The van der Waals surface area contributed by atoms with Gasteiger partial charge in [0.05, 0.1) is 4.90 Å². The minimum atomic E-state index is -3.50. The van der Waals surface area contributed by atoms with E-state index in [4.69, 9.17) is 18.0 Å². The van der Waals surface area contributed by atoms with Crippen molar-refractivity contribution in [3.05, 3.63) is 29.8 Å². The minimum Gasteiger partial charge on any atom is -0.389 e. The molecule has 0 saturated carbocycles. The van der Waals surface area contributed by atoms with Crippen molar-refractivity contribution < 1.29 is 8.42 Å². The molecule has 110 valence electrons. The van der Waals surface area contributed by atoms with Crippen molar-refractivity contribution in [1.82, 2.24) is 4.31 Å². The normalized spacial score (nSPS) is 20.1. The Kier molecular flexibility index (Phi) is 4.78. The maximum absolute atomic E-state index is 12.7. The highest BCUT2D eigenvalue weighted by molar-refractivity contribution is 7.89. The molecule has 1 aliphatic heterocycles. The SMILES string of the molecule is CCCC1CCN(S(=O)(=O)c2ccccc2C(N)=S)C1. The molecule has 4 nitrogen and oxygen atoms in total. The molecule has 0 aliphatic carbocycles. The Morgan fingerprint density at radius 1 is 1.45 bits per heavy atom. The molecule has 1 fully saturated rings. The largest absolute Gasteiger partial charge is 0.389 e. The molecule has 0 amide bonds. The van der Waals surface area contributed by atoms with Crippen LogP contribution in [-0.4, -0.2) is 30.8 Å². The van der Waals surface area contributed by atoms with Crippen LogP contribution < -0.4 is 5.73 Å². The molecule has 2 N–H and O–H groups in total. The number of rotatable bonds is 5. The molecule has 1 aliphatic rings. The smallest absolute Gasteiger partial charge is 0.243 e. The van der Waals surface area contributed by atoms with E-state index in [2.05, 4.69) is 6.92 Å². The van der Waals surface area contributed by atoms with Gasteiger partial charge in [-0.2, -0.15) is 4.31 Å². The zero-order valence-corrected chi connectivity index (χ0v) is 13.2. The zero-order valence-electron chi connectivity index (χ0n) is 11.6. The molecule has 6 heteroatoms. The number of nitrogens with two attached hydrogens (primary N) is 1. The lowest BCUT2D eigenvalue weighted by atomic mass is 10.0. The van der Waals surface area contributed by atoms with Crippen LogP contribution in [0.15, 0.2) is 29.2 Å². The summed E-state index contributed by atoms with van der Waals surface area (Å²) in [5, 5.41) is 0. The summed E-state index contributed by atoms with van der Waals surface area (Å²) >= 11 is 4.95. The van der Waals surface area contributed by atoms with Crippen molar-refractivity contribution in [3.63, 3.8) is 0 Å². The topological polar surface area (TPSA) is 63.4 Å². The van der Waals surface area contributed by atoms with Crippen molar-refractivity contribution in [1.29, 1.82) is 0 Å². The Morgan fingerprint density at radius 2 is 2.15 bits per heavy atom. The second-order valence-electron chi connectivity index (χ2n) is 5.17. The molecule has 0 aromatic heterocycles. The summed E-state index contributed by atoms with van der Waals surface area (Å²) in [6.07, 6.45) is 3.09. The summed E-state index contributed by atoms with van der Waals surface area (Å²) in [7, 11) is -3.50. The van der Waals surface area contributed by atoms with Gasteiger partial charge >= 0.3 is 0 Å². The van der Waals surface area contributed by atoms with Gasteiger partial charge in [-0.25, -0.2) is 8.42 Å². The summed E-state index contributed by atoms with van der Waals surface area (Å²) in [5.41, 5.74) is 6.07. The van der Waals surface area contributed by atoms with E-state index in [1.165, 1.54) is 0 Å². The van der Waals surface area contributed by atoms with Crippen molar-refractivity contribution in [3.8, 4) is 0 Å². The highest BCUT2D eigenvalue weighted by Gasteiger charge is 2.33. The third kappa shape index (κ3) is 3.02. The lowest BCUT2D eigenvalue weighted by Crippen LogP contribution is -2.30. The van der Waals surface area contributed by atoms with E-state index in [1.54, 1.807) is 28.6 Å². The maximum atomic E-state index is 12.7. The standard InChI is InChI=1S/C14H20N2O2S2/c1-2-5-11-8-9-16(10-11)20(17,18)13-7-4-3-6-12(13)14(15)19/h3-4,6-7,11H,2,5,8-10H2,1H3,(H2,15,19). The fraction of sp³-hybridized carbons (Fsp3) is 0.500. The van der Waals surface area contributed by atoms with Crippen LogP contribution in [0.5, 0.6) is 0 Å². The molecular formula is C14H20N2O2S2. The number of nitrogens with zero attached hydrogens (tertiary/aromatic N) is 1. The second kappa shape index (κ2) is 6.20. The molecule has 1 atom stereocenters. The lowest BCUT2D eigenvalue weighted by molar-refractivity contribution is 0.444. The zero-order chi connectivity index (χ0) is 14.8. The van der Waals surface area contributed by atoms with Gasteiger partial charge in [0, 0.05) is 18.7 Å². The highest BCUT2D eigenvalue weighted by Crippen LogP contribution is 2.28. The molecule has 1 aromatic rings. The first-order valence-corrected chi connectivity index (χ1v) is 8.70. The van der Waals surface area contributed by atoms with Crippen LogP contribution in [0.25, 0.3) is 0 Å². The van der Waals surface area contributed by atoms with Gasteiger partial charge in [0.25, 0.3) is 0 Å². The minimum absolute atomic E-state index is 0.119. The van der Waals surface area contributed by atoms with Gasteiger partial charge in [-0.3, -0.25) is 0 Å². The first-order chi connectivity index (χ1) is 9.46. The van der Waals surface area contributed by atoms with Gasteiger partial charge in [-0.1, -0.05) is 43.8 Å². The molecule has 0 bridgehead atoms. The molecule has 1 saturated heterocycles. The molecule has 2 rings (SSSR count). The summed E-state index contributed by atoms with van der Waals surface area (Å²) < 4.78 is 27.0.